The quantitative estimate of drug-likeness (QED) is 0.742. The average Bonchev–Trinajstić information content (AvgIpc) is 2.28. The Morgan fingerprint density at radius 3 is 2.69 bits per heavy atom. The van der Waals surface area contributed by atoms with Gasteiger partial charge in [-0.25, -0.2) is 0 Å². The lowest BCUT2D eigenvalue weighted by atomic mass is 10.0. The van der Waals surface area contributed by atoms with Crippen LogP contribution in [-0.2, 0) is 4.79 Å². The van der Waals surface area contributed by atoms with Crippen molar-refractivity contribution in [1.82, 2.24) is 10.6 Å². The fourth-order valence-corrected chi connectivity index (χ4v) is 1.87. The van der Waals surface area contributed by atoms with Crippen LogP contribution >= 0.6 is 0 Å². The Hall–Kier alpha value is -1.09. The summed E-state index contributed by atoms with van der Waals surface area (Å²) in [7, 11) is 1.82. The van der Waals surface area contributed by atoms with Crippen LogP contribution in [0.4, 0.5) is 0 Å². The van der Waals surface area contributed by atoms with Crippen molar-refractivity contribution < 1.29 is 4.79 Å². The molecule has 0 aromatic carbocycles. The van der Waals surface area contributed by atoms with E-state index in [-0.39, 0.29) is 11.9 Å². The Bertz CT molecular complexity index is 292. The number of carbonyl (C=O) groups is 1. The predicted molar refractivity (Wildman–Crippen MR) is 67.2 cm³/mol. The van der Waals surface area contributed by atoms with Gasteiger partial charge in [-0.1, -0.05) is 32.1 Å². The Kier molecular flexibility index (Phi) is 5.26. The lowest BCUT2D eigenvalue weighted by Gasteiger charge is -2.19. The molecule has 0 fully saturated rings. The zero-order valence-corrected chi connectivity index (χ0v) is 10.4. The molecule has 1 rings (SSSR count). The molecule has 3 heteroatoms. The van der Waals surface area contributed by atoms with E-state index < -0.39 is 0 Å². The largest absolute Gasteiger partial charge is 0.351 e. The first-order valence-corrected chi connectivity index (χ1v) is 5.95. The third-order valence-corrected chi connectivity index (χ3v) is 2.80. The third-order valence-electron chi connectivity index (χ3n) is 2.80. The van der Waals surface area contributed by atoms with Crippen LogP contribution in [0, 0.1) is 5.92 Å². The van der Waals surface area contributed by atoms with Gasteiger partial charge in [0.05, 0.1) is 6.04 Å². The van der Waals surface area contributed by atoms with E-state index in [9.17, 15) is 4.79 Å². The van der Waals surface area contributed by atoms with Crippen LogP contribution in [0.25, 0.3) is 0 Å². The Morgan fingerprint density at radius 1 is 1.44 bits per heavy atom. The van der Waals surface area contributed by atoms with Crippen molar-refractivity contribution in [3.05, 3.63) is 23.8 Å². The first-order chi connectivity index (χ1) is 7.65. The van der Waals surface area contributed by atoms with E-state index >= 15 is 0 Å². The smallest absolute Gasteiger partial charge is 0.237 e. The maximum Gasteiger partial charge on any atom is 0.237 e. The minimum absolute atomic E-state index is 0.0809. The number of likely N-dealkylation sites (N-methyl/N-ethyl adjacent to an activating group) is 1. The molecule has 1 unspecified atom stereocenters. The summed E-state index contributed by atoms with van der Waals surface area (Å²) in [6, 6.07) is -0.104. The molecule has 90 valence electrons. The van der Waals surface area contributed by atoms with Gasteiger partial charge >= 0.3 is 0 Å². The van der Waals surface area contributed by atoms with Gasteiger partial charge in [0, 0.05) is 6.54 Å². The molecule has 3 nitrogen and oxygen atoms in total. The molecular weight excluding hydrogens is 200 g/mol. The molecule has 0 saturated heterocycles. The number of rotatable bonds is 5. The Balaban J connectivity index is 2.39. The Labute approximate surface area is 98.0 Å². The van der Waals surface area contributed by atoms with Crippen LogP contribution in [0.5, 0.6) is 0 Å². The molecule has 0 aromatic heterocycles. The summed E-state index contributed by atoms with van der Waals surface area (Å²) in [5, 5.41) is 6.00. The number of amides is 1. The van der Waals surface area contributed by atoms with Crippen molar-refractivity contribution in [2.75, 3.05) is 13.6 Å². The summed E-state index contributed by atoms with van der Waals surface area (Å²) < 4.78 is 0. The lowest BCUT2D eigenvalue weighted by Crippen LogP contribution is -2.46. The third kappa shape index (κ3) is 3.81. The van der Waals surface area contributed by atoms with E-state index in [0.29, 0.717) is 12.5 Å². The van der Waals surface area contributed by atoms with Gasteiger partial charge in [-0.3, -0.25) is 4.79 Å². The summed E-state index contributed by atoms with van der Waals surface area (Å²) in [6.45, 7) is 4.72. The molecule has 0 saturated carbocycles. The lowest BCUT2D eigenvalue weighted by molar-refractivity contribution is -0.123. The van der Waals surface area contributed by atoms with E-state index in [2.05, 4.69) is 28.9 Å². The average molecular weight is 222 g/mol. The fourth-order valence-electron chi connectivity index (χ4n) is 1.87. The molecule has 0 aromatic rings. The maximum absolute atomic E-state index is 11.8. The number of nitrogens with one attached hydrogen (secondary N) is 2. The highest BCUT2D eigenvalue weighted by molar-refractivity contribution is 5.82. The molecule has 2 N–H and O–H groups in total. The summed E-state index contributed by atoms with van der Waals surface area (Å²) in [5.41, 5.74) is 1.21. The van der Waals surface area contributed by atoms with E-state index in [1.807, 2.05) is 20.9 Å². The number of hydrogen-bond donors (Lipinski definition) is 2. The monoisotopic (exact) mass is 222 g/mol. The van der Waals surface area contributed by atoms with Crippen LogP contribution in [0.3, 0.4) is 0 Å². The molecule has 1 amide bonds. The van der Waals surface area contributed by atoms with Crippen LogP contribution in [-0.4, -0.2) is 25.5 Å². The fraction of sp³-hybridized carbons (Fsp3) is 0.615. The van der Waals surface area contributed by atoms with Crippen molar-refractivity contribution in [3.63, 3.8) is 0 Å². The molecule has 0 aliphatic heterocycles. The van der Waals surface area contributed by atoms with Crippen LogP contribution < -0.4 is 10.6 Å². The molecule has 0 spiro atoms. The minimum atomic E-state index is -0.104. The van der Waals surface area contributed by atoms with Gasteiger partial charge in [-0.15, -0.1) is 0 Å². The zero-order chi connectivity index (χ0) is 12.0. The first-order valence-electron chi connectivity index (χ1n) is 5.95. The molecule has 1 aliphatic carbocycles. The predicted octanol–water partition coefficient (Wildman–Crippen LogP) is 1.62. The second-order valence-electron chi connectivity index (χ2n) is 4.49. The van der Waals surface area contributed by atoms with Crippen LogP contribution in [0.1, 0.15) is 26.7 Å². The van der Waals surface area contributed by atoms with E-state index in [0.717, 1.165) is 12.8 Å². The second-order valence-corrected chi connectivity index (χ2v) is 4.49. The van der Waals surface area contributed by atoms with Crippen molar-refractivity contribution in [2.24, 2.45) is 5.92 Å². The topological polar surface area (TPSA) is 41.1 Å². The maximum atomic E-state index is 11.8. The number of hydrogen-bond acceptors (Lipinski definition) is 2. The second kappa shape index (κ2) is 6.48. The van der Waals surface area contributed by atoms with Gasteiger partial charge in [0.2, 0.25) is 5.91 Å². The van der Waals surface area contributed by atoms with Crippen molar-refractivity contribution in [3.8, 4) is 0 Å². The van der Waals surface area contributed by atoms with E-state index in [1.165, 1.54) is 5.57 Å². The highest BCUT2D eigenvalue weighted by Crippen LogP contribution is 2.08. The summed E-state index contributed by atoms with van der Waals surface area (Å²) in [6.07, 6.45) is 8.63. The SMILES string of the molecule is CNC(C(=O)NCC1=CCCC=C1)C(C)C. The van der Waals surface area contributed by atoms with Gasteiger partial charge in [0.15, 0.2) is 0 Å². The molecule has 0 bridgehead atoms. The molecule has 0 radical (unpaired) electrons. The van der Waals surface area contributed by atoms with Gasteiger partial charge in [-0.2, -0.15) is 0 Å². The molecular formula is C13H22N2O. The summed E-state index contributed by atoms with van der Waals surface area (Å²) in [4.78, 5) is 11.8. The highest BCUT2D eigenvalue weighted by Gasteiger charge is 2.19. The zero-order valence-electron chi connectivity index (χ0n) is 10.4. The van der Waals surface area contributed by atoms with Gasteiger partial charge in [-0.05, 0) is 31.4 Å². The molecule has 16 heavy (non-hydrogen) atoms. The summed E-state index contributed by atoms with van der Waals surface area (Å²) in [5.74, 6) is 0.387. The summed E-state index contributed by atoms with van der Waals surface area (Å²) >= 11 is 0. The van der Waals surface area contributed by atoms with E-state index in [4.69, 9.17) is 0 Å². The molecule has 0 heterocycles. The van der Waals surface area contributed by atoms with E-state index in [1.54, 1.807) is 0 Å². The van der Waals surface area contributed by atoms with Gasteiger partial charge in [0.1, 0.15) is 0 Å². The van der Waals surface area contributed by atoms with Crippen molar-refractivity contribution in [1.29, 1.82) is 0 Å². The molecule has 1 atom stereocenters. The standard InChI is InChI=1S/C13H22N2O/c1-10(2)12(14-3)13(16)15-9-11-7-5-4-6-8-11/h5,7-8,10,12,14H,4,6,9H2,1-3H3,(H,15,16). The van der Waals surface area contributed by atoms with Crippen LogP contribution in [0.15, 0.2) is 23.8 Å². The minimum Gasteiger partial charge on any atom is -0.351 e. The number of allylic oxidation sites excluding steroid dienone is 2. The molecule has 1 aliphatic rings. The van der Waals surface area contributed by atoms with Crippen LogP contribution in [0.2, 0.25) is 0 Å². The normalized spacial score (nSPS) is 17.1. The Morgan fingerprint density at radius 2 is 2.19 bits per heavy atom. The van der Waals surface area contributed by atoms with Crippen molar-refractivity contribution >= 4 is 5.91 Å². The van der Waals surface area contributed by atoms with Gasteiger partial charge < -0.3 is 10.6 Å². The van der Waals surface area contributed by atoms with Crippen molar-refractivity contribution in [2.45, 2.75) is 32.7 Å². The number of carbonyl (C=O) groups excluding carboxylic acids is 1. The highest BCUT2D eigenvalue weighted by atomic mass is 16.2. The van der Waals surface area contributed by atoms with Gasteiger partial charge in [0.25, 0.3) is 0 Å². The first kappa shape index (κ1) is 13.0.